The highest BCUT2D eigenvalue weighted by molar-refractivity contribution is 6.08. The zero-order valence-electron chi connectivity index (χ0n) is 12.2. The number of anilines is 1. The molecule has 1 aromatic heterocycles. The summed E-state index contributed by atoms with van der Waals surface area (Å²) in [6.07, 6.45) is 0. The number of nitrogens with one attached hydrogen (secondary N) is 1. The van der Waals surface area contributed by atoms with Crippen LogP contribution in [0.1, 0.15) is 20.7 Å². The Balaban J connectivity index is 2.45. The summed E-state index contributed by atoms with van der Waals surface area (Å²) in [7, 11) is 0. The van der Waals surface area contributed by atoms with Crippen molar-refractivity contribution in [1.82, 2.24) is 4.98 Å². The van der Waals surface area contributed by atoms with Gasteiger partial charge in [0, 0.05) is 5.56 Å². The van der Waals surface area contributed by atoms with E-state index in [1.807, 2.05) is 12.1 Å². The van der Waals surface area contributed by atoms with Crippen molar-refractivity contribution < 1.29 is 19.8 Å². The molecule has 0 aliphatic carbocycles. The van der Waals surface area contributed by atoms with Crippen LogP contribution in [-0.2, 0) is 0 Å². The minimum Gasteiger partial charge on any atom is -0.478 e. The van der Waals surface area contributed by atoms with Crippen LogP contribution in [0.2, 0.25) is 0 Å². The molecule has 0 atom stereocenters. The number of rotatable bonds is 3. The van der Waals surface area contributed by atoms with Crippen molar-refractivity contribution in [3.8, 4) is 11.1 Å². The van der Waals surface area contributed by atoms with Crippen molar-refractivity contribution >= 4 is 28.5 Å². The summed E-state index contributed by atoms with van der Waals surface area (Å²) >= 11 is 0. The van der Waals surface area contributed by atoms with Crippen LogP contribution in [0, 0.1) is 0 Å². The molecule has 0 saturated heterocycles. The predicted octanol–water partition coefficient (Wildman–Crippen LogP) is 2.17. The minimum absolute atomic E-state index is 0.206. The normalized spacial score (nSPS) is 10.7. The van der Waals surface area contributed by atoms with Gasteiger partial charge in [0.25, 0.3) is 5.56 Å². The third-order valence-electron chi connectivity index (χ3n) is 3.71. The van der Waals surface area contributed by atoms with Crippen molar-refractivity contribution in [3.63, 3.8) is 0 Å². The van der Waals surface area contributed by atoms with Crippen molar-refractivity contribution in [1.29, 1.82) is 0 Å². The third kappa shape index (κ3) is 2.38. The molecular formula is C17H12N2O5. The summed E-state index contributed by atoms with van der Waals surface area (Å²) in [5.74, 6) is -3.34. The molecule has 7 nitrogen and oxygen atoms in total. The number of H-pyrrole nitrogens is 1. The van der Waals surface area contributed by atoms with E-state index in [1.165, 1.54) is 0 Å². The van der Waals surface area contributed by atoms with Gasteiger partial charge in [0.15, 0.2) is 0 Å². The molecular weight excluding hydrogens is 312 g/mol. The van der Waals surface area contributed by atoms with Crippen LogP contribution in [0.3, 0.4) is 0 Å². The number of carboxylic acids is 2. The average Bonchev–Trinajstić information content (AvgIpc) is 2.52. The molecule has 0 aliphatic heterocycles. The Hall–Kier alpha value is -3.61. The molecule has 5 N–H and O–H groups in total. The summed E-state index contributed by atoms with van der Waals surface area (Å²) in [5, 5.41) is 20.5. The van der Waals surface area contributed by atoms with E-state index in [0.29, 0.717) is 5.56 Å². The van der Waals surface area contributed by atoms with E-state index in [-0.39, 0.29) is 11.4 Å². The van der Waals surface area contributed by atoms with Crippen LogP contribution < -0.4 is 11.3 Å². The number of nitrogen functional groups attached to an aromatic ring is 1. The Bertz CT molecular complexity index is 1050. The second-order valence-corrected chi connectivity index (χ2v) is 5.17. The lowest BCUT2D eigenvalue weighted by molar-refractivity contribution is 0.0695. The number of fused-ring (bicyclic) bond motifs is 1. The molecule has 0 bridgehead atoms. The Morgan fingerprint density at radius 2 is 1.54 bits per heavy atom. The Kier molecular flexibility index (Phi) is 3.53. The van der Waals surface area contributed by atoms with Crippen molar-refractivity contribution in [2.24, 2.45) is 0 Å². The van der Waals surface area contributed by atoms with Crippen molar-refractivity contribution in [2.45, 2.75) is 0 Å². The minimum atomic E-state index is -1.53. The van der Waals surface area contributed by atoms with Gasteiger partial charge in [-0.1, -0.05) is 36.4 Å². The van der Waals surface area contributed by atoms with E-state index in [4.69, 9.17) is 5.73 Å². The topological polar surface area (TPSA) is 133 Å². The van der Waals surface area contributed by atoms with Gasteiger partial charge in [-0.15, -0.1) is 0 Å². The summed E-state index contributed by atoms with van der Waals surface area (Å²) in [4.78, 5) is 37.2. The predicted molar refractivity (Wildman–Crippen MR) is 88.3 cm³/mol. The molecule has 24 heavy (non-hydrogen) atoms. The van der Waals surface area contributed by atoms with Gasteiger partial charge in [0.1, 0.15) is 16.9 Å². The first-order valence-electron chi connectivity index (χ1n) is 6.91. The lowest BCUT2D eigenvalue weighted by Gasteiger charge is -2.12. The number of aromatic carboxylic acids is 2. The second-order valence-electron chi connectivity index (χ2n) is 5.17. The van der Waals surface area contributed by atoms with E-state index in [9.17, 15) is 24.6 Å². The highest BCUT2D eigenvalue weighted by atomic mass is 16.4. The molecule has 0 amide bonds. The number of carboxylic acid groups (broad SMARTS) is 2. The molecule has 0 radical (unpaired) electrons. The maximum absolute atomic E-state index is 12.0. The number of hydrogen-bond donors (Lipinski definition) is 4. The van der Waals surface area contributed by atoms with Crippen LogP contribution in [0.4, 0.5) is 5.82 Å². The standard InChI is InChI=1S/C17H12N2O5/c18-14-12(16(21)22)11(13(17(23)24)15(20)19-14)10-6-5-8-3-1-2-4-9(8)7-10/h1-7H,(H,21,22)(H,23,24)(H3,18,19,20). The largest absolute Gasteiger partial charge is 0.478 e. The fraction of sp³-hybridized carbons (Fsp3) is 0. The first-order valence-corrected chi connectivity index (χ1v) is 6.91. The molecule has 0 unspecified atom stereocenters. The first-order chi connectivity index (χ1) is 11.4. The number of aromatic amines is 1. The molecule has 120 valence electrons. The van der Waals surface area contributed by atoms with Crippen LogP contribution in [0.15, 0.2) is 47.3 Å². The van der Waals surface area contributed by atoms with Crippen LogP contribution in [-0.4, -0.2) is 27.1 Å². The smallest absolute Gasteiger partial charge is 0.342 e. The maximum atomic E-state index is 12.0. The molecule has 3 rings (SSSR count). The number of nitrogens with two attached hydrogens (primary N) is 1. The second kappa shape index (κ2) is 5.54. The van der Waals surface area contributed by atoms with E-state index < -0.39 is 28.6 Å². The Labute approximate surface area is 135 Å². The van der Waals surface area contributed by atoms with E-state index in [2.05, 4.69) is 4.98 Å². The van der Waals surface area contributed by atoms with Gasteiger partial charge >= 0.3 is 11.9 Å². The molecule has 3 aromatic rings. The summed E-state index contributed by atoms with van der Waals surface area (Å²) in [6.45, 7) is 0. The van der Waals surface area contributed by atoms with E-state index in [1.54, 1.807) is 30.3 Å². The quantitative estimate of drug-likeness (QED) is 0.583. The zero-order valence-corrected chi connectivity index (χ0v) is 12.2. The van der Waals surface area contributed by atoms with E-state index in [0.717, 1.165) is 10.8 Å². The van der Waals surface area contributed by atoms with Gasteiger partial charge in [-0.3, -0.25) is 4.79 Å². The zero-order chi connectivity index (χ0) is 17.4. The lowest BCUT2D eigenvalue weighted by atomic mass is 9.94. The molecule has 7 heteroatoms. The van der Waals surface area contributed by atoms with Gasteiger partial charge in [-0.25, -0.2) is 9.59 Å². The SMILES string of the molecule is Nc1[nH]c(=O)c(C(=O)O)c(-c2ccc3ccccc3c2)c1C(=O)O. The number of carbonyl (C=O) groups is 2. The Morgan fingerprint density at radius 3 is 2.17 bits per heavy atom. The maximum Gasteiger partial charge on any atom is 0.342 e. The highest BCUT2D eigenvalue weighted by Crippen LogP contribution is 2.31. The highest BCUT2D eigenvalue weighted by Gasteiger charge is 2.26. The molecule has 0 fully saturated rings. The van der Waals surface area contributed by atoms with Crippen molar-refractivity contribution in [2.75, 3.05) is 5.73 Å². The number of pyridine rings is 1. The summed E-state index contributed by atoms with van der Waals surface area (Å²) in [6, 6.07) is 12.2. The number of benzene rings is 2. The number of hydrogen-bond acceptors (Lipinski definition) is 4. The van der Waals surface area contributed by atoms with Crippen LogP contribution in [0.25, 0.3) is 21.9 Å². The van der Waals surface area contributed by atoms with Gasteiger partial charge in [0.05, 0.1) is 0 Å². The van der Waals surface area contributed by atoms with Gasteiger partial charge in [-0.05, 0) is 22.4 Å². The lowest BCUT2D eigenvalue weighted by Crippen LogP contribution is -2.24. The monoisotopic (exact) mass is 324 g/mol. The van der Waals surface area contributed by atoms with Crippen molar-refractivity contribution in [3.05, 3.63) is 63.9 Å². The fourth-order valence-electron chi connectivity index (χ4n) is 2.68. The molecule has 0 spiro atoms. The van der Waals surface area contributed by atoms with Crippen LogP contribution >= 0.6 is 0 Å². The fourth-order valence-corrected chi connectivity index (χ4v) is 2.68. The summed E-state index contributed by atoms with van der Waals surface area (Å²) < 4.78 is 0. The number of aromatic nitrogens is 1. The molecule has 2 aromatic carbocycles. The Morgan fingerprint density at radius 1 is 0.917 bits per heavy atom. The molecule has 0 aliphatic rings. The van der Waals surface area contributed by atoms with E-state index >= 15 is 0 Å². The first kappa shape index (κ1) is 15.3. The average molecular weight is 324 g/mol. The van der Waals surface area contributed by atoms with Gasteiger partial charge in [-0.2, -0.15) is 0 Å². The summed E-state index contributed by atoms with van der Waals surface area (Å²) in [5.41, 5.74) is 3.65. The molecule has 1 heterocycles. The van der Waals surface area contributed by atoms with Gasteiger partial charge < -0.3 is 20.9 Å². The third-order valence-corrected chi connectivity index (χ3v) is 3.71. The van der Waals surface area contributed by atoms with Gasteiger partial charge in [0.2, 0.25) is 0 Å². The molecule has 0 saturated carbocycles. The van der Waals surface area contributed by atoms with Crippen LogP contribution in [0.5, 0.6) is 0 Å².